The predicted octanol–water partition coefficient (Wildman–Crippen LogP) is 2.51. The van der Waals surface area contributed by atoms with E-state index in [1.807, 2.05) is 13.0 Å². The topological polar surface area (TPSA) is 21.3 Å². The van der Waals surface area contributed by atoms with Crippen LogP contribution in [0.4, 0.5) is 4.39 Å². The van der Waals surface area contributed by atoms with Gasteiger partial charge in [-0.15, -0.1) is 12.4 Å². The number of ether oxygens (including phenoxy) is 1. The third kappa shape index (κ3) is 3.17. The Morgan fingerprint density at radius 3 is 2.88 bits per heavy atom. The summed E-state index contributed by atoms with van der Waals surface area (Å²) < 4.78 is 18.6. The lowest BCUT2D eigenvalue weighted by Gasteiger charge is -2.24. The number of hydrogen-bond acceptors (Lipinski definition) is 2. The van der Waals surface area contributed by atoms with Crippen molar-refractivity contribution in [1.82, 2.24) is 5.32 Å². The first-order valence-electron chi connectivity index (χ1n) is 5.23. The summed E-state index contributed by atoms with van der Waals surface area (Å²) in [5, 5.41) is 3.35. The van der Waals surface area contributed by atoms with Crippen molar-refractivity contribution in [3.63, 3.8) is 0 Å². The van der Waals surface area contributed by atoms with Gasteiger partial charge >= 0.3 is 0 Å². The van der Waals surface area contributed by atoms with E-state index in [9.17, 15) is 4.39 Å². The minimum absolute atomic E-state index is 0. The Balaban J connectivity index is 0.00000128. The lowest BCUT2D eigenvalue weighted by molar-refractivity contribution is 0.00686. The van der Waals surface area contributed by atoms with E-state index in [0.717, 1.165) is 5.56 Å². The molecule has 1 aromatic rings. The van der Waals surface area contributed by atoms with Gasteiger partial charge in [-0.25, -0.2) is 4.39 Å². The summed E-state index contributed by atoms with van der Waals surface area (Å²) >= 11 is 0. The second-order valence-electron chi connectivity index (χ2n) is 4.39. The van der Waals surface area contributed by atoms with Crippen LogP contribution in [0.1, 0.15) is 19.4 Å². The molecule has 0 aliphatic carbocycles. The van der Waals surface area contributed by atoms with E-state index < -0.39 is 0 Å². The van der Waals surface area contributed by atoms with Crippen molar-refractivity contribution in [2.24, 2.45) is 0 Å². The van der Waals surface area contributed by atoms with E-state index in [-0.39, 0.29) is 23.9 Å². The van der Waals surface area contributed by atoms with Gasteiger partial charge < -0.3 is 4.74 Å². The third-order valence-electron chi connectivity index (χ3n) is 2.63. The third-order valence-corrected chi connectivity index (χ3v) is 2.63. The van der Waals surface area contributed by atoms with Crippen molar-refractivity contribution in [3.8, 4) is 0 Å². The lowest BCUT2D eigenvalue weighted by atomic mass is 10.0. The van der Waals surface area contributed by atoms with Crippen LogP contribution in [-0.4, -0.2) is 18.4 Å². The summed E-state index contributed by atoms with van der Waals surface area (Å²) in [6.07, 6.45) is 0.690. The second-order valence-corrected chi connectivity index (χ2v) is 4.39. The Bertz CT molecular complexity index is 361. The molecule has 1 N–H and O–H groups in total. The zero-order chi connectivity index (χ0) is 10.9. The largest absolute Gasteiger partial charge is 0.359 e. The Labute approximate surface area is 102 Å². The SMILES string of the molecule is CC1COC(C)(Cc2cccc(F)c2)N1.Cl. The standard InChI is InChI=1S/C12H16FNO.ClH/c1-9-8-15-12(2,14-9)7-10-4-3-5-11(13)6-10;/h3-6,9,14H,7-8H2,1-2H3;1H. The molecule has 2 unspecified atom stereocenters. The molecular formula is C12H17ClFNO. The molecule has 0 amide bonds. The summed E-state index contributed by atoms with van der Waals surface area (Å²) in [7, 11) is 0. The molecule has 0 saturated carbocycles. The first-order valence-corrected chi connectivity index (χ1v) is 5.23. The molecule has 1 aromatic carbocycles. The predicted molar refractivity (Wildman–Crippen MR) is 64.3 cm³/mol. The quantitative estimate of drug-likeness (QED) is 0.865. The van der Waals surface area contributed by atoms with Gasteiger partial charge in [0.05, 0.1) is 6.61 Å². The van der Waals surface area contributed by atoms with Crippen LogP contribution in [0, 0.1) is 5.82 Å². The van der Waals surface area contributed by atoms with Gasteiger partial charge in [-0.2, -0.15) is 0 Å². The number of benzene rings is 1. The highest BCUT2D eigenvalue weighted by Crippen LogP contribution is 2.21. The zero-order valence-electron chi connectivity index (χ0n) is 9.50. The highest BCUT2D eigenvalue weighted by Gasteiger charge is 2.33. The molecule has 0 aromatic heterocycles. The van der Waals surface area contributed by atoms with E-state index in [1.165, 1.54) is 6.07 Å². The van der Waals surface area contributed by atoms with E-state index in [1.54, 1.807) is 12.1 Å². The number of nitrogens with one attached hydrogen (secondary N) is 1. The van der Waals surface area contributed by atoms with Gasteiger partial charge in [0.1, 0.15) is 11.5 Å². The average molecular weight is 246 g/mol. The Morgan fingerprint density at radius 2 is 2.31 bits per heavy atom. The van der Waals surface area contributed by atoms with E-state index >= 15 is 0 Å². The summed E-state index contributed by atoms with van der Waals surface area (Å²) in [6.45, 7) is 4.80. The maximum Gasteiger partial charge on any atom is 0.123 e. The van der Waals surface area contributed by atoms with Crippen LogP contribution in [0.25, 0.3) is 0 Å². The van der Waals surface area contributed by atoms with Crippen LogP contribution >= 0.6 is 12.4 Å². The maximum absolute atomic E-state index is 13.0. The molecule has 1 aliphatic heterocycles. The van der Waals surface area contributed by atoms with Crippen LogP contribution in [-0.2, 0) is 11.2 Å². The van der Waals surface area contributed by atoms with Gasteiger partial charge in [0.15, 0.2) is 0 Å². The average Bonchev–Trinajstić information content (AvgIpc) is 2.45. The summed E-state index contributed by atoms with van der Waals surface area (Å²) in [5.41, 5.74) is 0.604. The molecule has 16 heavy (non-hydrogen) atoms. The Kier molecular flexibility index (Phi) is 4.30. The fraction of sp³-hybridized carbons (Fsp3) is 0.500. The van der Waals surface area contributed by atoms with Crippen LogP contribution in [0.5, 0.6) is 0 Å². The molecule has 1 saturated heterocycles. The summed E-state index contributed by atoms with van der Waals surface area (Å²) in [4.78, 5) is 0. The van der Waals surface area contributed by atoms with Gasteiger partial charge in [0.2, 0.25) is 0 Å². The lowest BCUT2D eigenvalue weighted by Crippen LogP contribution is -2.42. The highest BCUT2D eigenvalue weighted by molar-refractivity contribution is 5.85. The van der Waals surface area contributed by atoms with Crippen LogP contribution in [0.3, 0.4) is 0 Å². The summed E-state index contributed by atoms with van der Waals surface area (Å²) in [5.74, 6) is -0.192. The zero-order valence-corrected chi connectivity index (χ0v) is 10.3. The highest BCUT2D eigenvalue weighted by atomic mass is 35.5. The van der Waals surface area contributed by atoms with Crippen molar-refractivity contribution in [3.05, 3.63) is 35.6 Å². The van der Waals surface area contributed by atoms with Crippen LogP contribution < -0.4 is 5.32 Å². The van der Waals surface area contributed by atoms with Gasteiger partial charge in [-0.05, 0) is 31.5 Å². The normalized spacial score (nSPS) is 28.8. The molecule has 0 bridgehead atoms. The Hall–Kier alpha value is -0.640. The molecule has 1 aliphatic rings. The van der Waals surface area contributed by atoms with Crippen LogP contribution in [0.2, 0.25) is 0 Å². The Morgan fingerprint density at radius 1 is 1.56 bits per heavy atom. The first-order chi connectivity index (χ1) is 7.07. The monoisotopic (exact) mass is 245 g/mol. The minimum Gasteiger partial charge on any atom is -0.359 e. The van der Waals surface area contributed by atoms with E-state index in [2.05, 4.69) is 12.2 Å². The minimum atomic E-state index is -0.354. The van der Waals surface area contributed by atoms with Gasteiger partial charge in [-0.1, -0.05) is 12.1 Å². The van der Waals surface area contributed by atoms with Gasteiger partial charge in [0.25, 0.3) is 0 Å². The maximum atomic E-state index is 13.0. The van der Waals surface area contributed by atoms with Crippen molar-refractivity contribution >= 4 is 12.4 Å². The molecule has 2 rings (SSSR count). The summed E-state index contributed by atoms with van der Waals surface area (Å²) in [6, 6.07) is 7.02. The van der Waals surface area contributed by atoms with Crippen molar-refractivity contribution in [2.75, 3.05) is 6.61 Å². The molecule has 1 heterocycles. The smallest absolute Gasteiger partial charge is 0.123 e. The number of halogens is 2. The molecule has 90 valence electrons. The molecule has 4 heteroatoms. The van der Waals surface area contributed by atoms with Gasteiger partial charge in [-0.3, -0.25) is 5.32 Å². The number of rotatable bonds is 2. The molecular weight excluding hydrogens is 229 g/mol. The van der Waals surface area contributed by atoms with Crippen molar-refractivity contribution in [2.45, 2.75) is 32.0 Å². The fourth-order valence-corrected chi connectivity index (χ4v) is 2.05. The first kappa shape index (κ1) is 13.4. The van der Waals surface area contributed by atoms with Crippen molar-refractivity contribution in [1.29, 1.82) is 0 Å². The molecule has 0 radical (unpaired) electrons. The van der Waals surface area contributed by atoms with Gasteiger partial charge in [0, 0.05) is 12.5 Å². The second kappa shape index (κ2) is 5.13. The van der Waals surface area contributed by atoms with Crippen LogP contribution in [0.15, 0.2) is 24.3 Å². The molecule has 0 spiro atoms. The molecule has 2 nitrogen and oxygen atoms in total. The number of hydrogen-bond donors (Lipinski definition) is 1. The molecule has 1 fully saturated rings. The van der Waals surface area contributed by atoms with E-state index in [4.69, 9.17) is 4.74 Å². The molecule has 2 atom stereocenters. The van der Waals surface area contributed by atoms with Crippen molar-refractivity contribution < 1.29 is 9.13 Å². The van der Waals surface area contributed by atoms with E-state index in [0.29, 0.717) is 19.1 Å². The fourth-order valence-electron chi connectivity index (χ4n) is 2.05.